The van der Waals surface area contributed by atoms with Crippen molar-refractivity contribution in [1.29, 1.82) is 0 Å². The van der Waals surface area contributed by atoms with Crippen molar-refractivity contribution in [3.8, 4) is 5.75 Å². The van der Waals surface area contributed by atoms with Crippen LogP contribution in [-0.2, 0) is 6.42 Å². The molecule has 1 heterocycles. The molecule has 1 aliphatic rings. The van der Waals surface area contributed by atoms with Gasteiger partial charge < -0.3 is 19.9 Å². The molecule has 0 saturated carbocycles. The average molecular weight is 486 g/mol. The van der Waals surface area contributed by atoms with Gasteiger partial charge in [0.1, 0.15) is 5.75 Å². The first kappa shape index (κ1) is 25.3. The second-order valence-corrected chi connectivity index (χ2v) is 9.24. The van der Waals surface area contributed by atoms with Crippen LogP contribution in [-0.4, -0.2) is 50.0 Å². The Kier molecular flexibility index (Phi) is 8.26. The molecule has 0 bridgehead atoms. The number of para-hydroxylation sites is 2. The van der Waals surface area contributed by atoms with Crippen LogP contribution in [0.3, 0.4) is 0 Å². The Balaban J connectivity index is 1.40. The van der Waals surface area contributed by atoms with Crippen LogP contribution < -0.4 is 15.0 Å². The van der Waals surface area contributed by atoms with E-state index in [1.165, 1.54) is 5.56 Å². The van der Waals surface area contributed by atoms with Crippen LogP contribution in [0.2, 0.25) is 0 Å². The fourth-order valence-electron chi connectivity index (χ4n) is 4.55. The highest BCUT2D eigenvalue weighted by Crippen LogP contribution is 2.29. The molecular weight excluding hydrogens is 450 g/mol. The lowest BCUT2D eigenvalue weighted by atomic mass is 10.0. The molecule has 0 aliphatic carbocycles. The summed E-state index contributed by atoms with van der Waals surface area (Å²) in [4.78, 5) is 30.3. The summed E-state index contributed by atoms with van der Waals surface area (Å²) in [6.07, 6.45) is 3.31. The van der Waals surface area contributed by atoms with E-state index >= 15 is 0 Å². The summed E-state index contributed by atoms with van der Waals surface area (Å²) in [7, 11) is 1.68. The Labute approximate surface area is 213 Å². The van der Waals surface area contributed by atoms with Gasteiger partial charge in [-0.25, -0.2) is 0 Å². The highest BCUT2D eigenvalue weighted by atomic mass is 16.5. The van der Waals surface area contributed by atoms with Gasteiger partial charge in [0.25, 0.3) is 11.8 Å². The van der Waals surface area contributed by atoms with Gasteiger partial charge in [-0.2, -0.15) is 0 Å². The van der Waals surface area contributed by atoms with E-state index in [2.05, 4.69) is 17.1 Å². The van der Waals surface area contributed by atoms with Crippen LogP contribution in [0.1, 0.15) is 51.6 Å². The molecular formula is C30H35N3O3. The van der Waals surface area contributed by atoms with Crippen LogP contribution in [0.5, 0.6) is 5.75 Å². The van der Waals surface area contributed by atoms with Crippen molar-refractivity contribution in [2.75, 3.05) is 43.5 Å². The van der Waals surface area contributed by atoms with Gasteiger partial charge in [-0.15, -0.1) is 0 Å². The van der Waals surface area contributed by atoms with Crippen molar-refractivity contribution in [3.63, 3.8) is 0 Å². The number of nitrogens with zero attached hydrogens (tertiary/aromatic N) is 2. The van der Waals surface area contributed by atoms with Gasteiger partial charge in [-0.3, -0.25) is 9.59 Å². The molecule has 6 nitrogen and oxygen atoms in total. The van der Waals surface area contributed by atoms with E-state index in [0.717, 1.165) is 49.4 Å². The van der Waals surface area contributed by atoms with Gasteiger partial charge in [0.2, 0.25) is 0 Å². The first-order chi connectivity index (χ1) is 17.5. The molecule has 1 fully saturated rings. The lowest BCUT2D eigenvalue weighted by molar-refractivity contribution is 0.0745. The number of amides is 2. The van der Waals surface area contributed by atoms with Crippen molar-refractivity contribution >= 4 is 23.2 Å². The number of hydrogen-bond acceptors (Lipinski definition) is 4. The van der Waals surface area contributed by atoms with E-state index in [1.54, 1.807) is 13.2 Å². The lowest BCUT2D eigenvalue weighted by Crippen LogP contribution is -2.49. The van der Waals surface area contributed by atoms with Crippen molar-refractivity contribution in [3.05, 3.63) is 89.0 Å². The number of rotatable bonds is 8. The van der Waals surface area contributed by atoms with Crippen LogP contribution >= 0.6 is 0 Å². The number of unbranched alkanes of at least 4 members (excludes halogenated alkanes) is 1. The lowest BCUT2D eigenvalue weighted by Gasteiger charge is -2.36. The fourth-order valence-corrected chi connectivity index (χ4v) is 4.55. The SMILES string of the molecule is CCCCc1ccc(C(=O)Nc2ccc(C)c(C(=O)N3CCN(c4ccccc4OC)CC3)c2)cc1. The Hall–Kier alpha value is -3.80. The van der Waals surface area contributed by atoms with Crippen molar-refractivity contribution in [1.82, 2.24) is 4.90 Å². The first-order valence-corrected chi connectivity index (χ1v) is 12.7. The van der Waals surface area contributed by atoms with Crippen molar-refractivity contribution in [2.24, 2.45) is 0 Å². The Morgan fingerprint density at radius 3 is 2.36 bits per heavy atom. The molecule has 3 aromatic carbocycles. The van der Waals surface area contributed by atoms with E-state index in [1.807, 2.05) is 72.5 Å². The molecule has 1 aliphatic heterocycles. The third kappa shape index (κ3) is 5.88. The molecule has 0 aromatic heterocycles. The zero-order chi connectivity index (χ0) is 25.5. The molecule has 0 unspecified atom stereocenters. The van der Waals surface area contributed by atoms with Crippen LogP contribution in [0.15, 0.2) is 66.7 Å². The molecule has 0 spiro atoms. The summed E-state index contributed by atoms with van der Waals surface area (Å²) in [5.74, 6) is 0.653. The Morgan fingerprint density at radius 2 is 1.67 bits per heavy atom. The first-order valence-electron chi connectivity index (χ1n) is 12.7. The third-order valence-electron chi connectivity index (χ3n) is 6.75. The smallest absolute Gasteiger partial charge is 0.255 e. The number of piperazine rings is 1. The van der Waals surface area contributed by atoms with Crippen LogP contribution in [0, 0.1) is 6.92 Å². The van der Waals surface area contributed by atoms with E-state index in [9.17, 15) is 9.59 Å². The summed E-state index contributed by atoms with van der Waals surface area (Å²) in [6, 6.07) is 21.2. The molecule has 0 atom stereocenters. The minimum Gasteiger partial charge on any atom is -0.495 e. The normalized spacial score (nSPS) is 13.4. The number of benzene rings is 3. The molecule has 1 N–H and O–H groups in total. The zero-order valence-corrected chi connectivity index (χ0v) is 21.4. The minimum atomic E-state index is -0.176. The van der Waals surface area contributed by atoms with Gasteiger partial charge in [0, 0.05) is 43.0 Å². The standard InChI is InChI=1S/C30H35N3O3/c1-4-5-8-23-12-14-24(15-13-23)29(34)31-25-16-11-22(2)26(21-25)30(35)33-19-17-32(18-20-33)27-9-6-7-10-28(27)36-3/h6-7,9-16,21H,4-5,8,17-20H2,1-3H3,(H,31,34). The van der Waals surface area contributed by atoms with E-state index in [-0.39, 0.29) is 11.8 Å². The molecule has 36 heavy (non-hydrogen) atoms. The van der Waals surface area contributed by atoms with E-state index < -0.39 is 0 Å². The fraction of sp³-hybridized carbons (Fsp3) is 0.333. The second kappa shape index (κ2) is 11.8. The number of carbonyl (C=O) groups excluding carboxylic acids is 2. The maximum absolute atomic E-state index is 13.4. The number of anilines is 2. The predicted molar refractivity (Wildman–Crippen MR) is 145 cm³/mol. The topological polar surface area (TPSA) is 61.9 Å². The zero-order valence-electron chi connectivity index (χ0n) is 21.4. The molecule has 6 heteroatoms. The van der Waals surface area contributed by atoms with Crippen molar-refractivity contribution in [2.45, 2.75) is 33.1 Å². The number of carbonyl (C=O) groups is 2. The highest BCUT2D eigenvalue weighted by molar-refractivity contribution is 6.05. The van der Waals surface area contributed by atoms with Crippen LogP contribution in [0.25, 0.3) is 0 Å². The van der Waals surface area contributed by atoms with Crippen LogP contribution in [0.4, 0.5) is 11.4 Å². The van der Waals surface area contributed by atoms with Gasteiger partial charge in [0.15, 0.2) is 0 Å². The number of nitrogens with one attached hydrogen (secondary N) is 1. The monoisotopic (exact) mass is 485 g/mol. The van der Waals surface area contributed by atoms with Gasteiger partial charge >= 0.3 is 0 Å². The third-order valence-corrected chi connectivity index (χ3v) is 6.75. The molecule has 2 amide bonds. The summed E-state index contributed by atoms with van der Waals surface area (Å²) < 4.78 is 5.50. The molecule has 188 valence electrons. The molecule has 0 radical (unpaired) electrons. The maximum Gasteiger partial charge on any atom is 0.255 e. The number of ether oxygens (including phenoxy) is 1. The summed E-state index contributed by atoms with van der Waals surface area (Å²) in [6.45, 7) is 6.81. The summed E-state index contributed by atoms with van der Waals surface area (Å²) in [5.41, 5.74) is 5.03. The number of aryl methyl sites for hydroxylation is 2. The average Bonchev–Trinajstić information content (AvgIpc) is 2.93. The summed E-state index contributed by atoms with van der Waals surface area (Å²) >= 11 is 0. The van der Waals surface area contributed by atoms with Gasteiger partial charge in [0.05, 0.1) is 12.8 Å². The number of methoxy groups -OCH3 is 1. The molecule has 3 aromatic rings. The molecule has 4 rings (SSSR count). The Bertz CT molecular complexity index is 1200. The largest absolute Gasteiger partial charge is 0.495 e. The summed E-state index contributed by atoms with van der Waals surface area (Å²) in [5, 5.41) is 2.96. The van der Waals surface area contributed by atoms with E-state index in [4.69, 9.17) is 4.74 Å². The highest BCUT2D eigenvalue weighted by Gasteiger charge is 2.25. The molecule has 1 saturated heterocycles. The maximum atomic E-state index is 13.4. The Morgan fingerprint density at radius 1 is 0.944 bits per heavy atom. The van der Waals surface area contributed by atoms with Gasteiger partial charge in [-0.1, -0.05) is 43.7 Å². The van der Waals surface area contributed by atoms with Crippen molar-refractivity contribution < 1.29 is 14.3 Å². The predicted octanol–water partition coefficient (Wildman–Crippen LogP) is 5.56. The van der Waals surface area contributed by atoms with Gasteiger partial charge in [-0.05, 0) is 67.3 Å². The second-order valence-electron chi connectivity index (χ2n) is 9.24. The quantitative estimate of drug-likeness (QED) is 0.454. The number of hydrogen-bond donors (Lipinski definition) is 1. The van der Waals surface area contributed by atoms with E-state index in [0.29, 0.717) is 29.9 Å². The minimum absolute atomic E-state index is 0.0106.